The Kier molecular flexibility index (Phi) is 4.25. The maximum absolute atomic E-state index is 6.33. The maximum atomic E-state index is 6.33. The summed E-state index contributed by atoms with van der Waals surface area (Å²) < 4.78 is 10.8. The second-order valence-corrected chi connectivity index (χ2v) is 6.68. The van der Waals surface area contributed by atoms with Crippen LogP contribution in [0.25, 0.3) is 10.8 Å². The van der Waals surface area contributed by atoms with Crippen LogP contribution in [-0.2, 0) is 6.54 Å². The zero-order valence-corrected chi connectivity index (χ0v) is 15.6. The first kappa shape index (κ1) is 17.1. The molecule has 0 fully saturated rings. The number of benzene rings is 3. The number of rotatable bonds is 5. The lowest BCUT2D eigenvalue weighted by molar-refractivity contribution is 0.174. The molecule has 0 amide bonds. The Morgan fingerprint density at radius 2 is 1.72 bits per heavy atom. The Balaban J connectivity index is 1.37. The summed E-state index contributed by atoms with van der Waals surface area (Å²) in [5.41, 5.74) is 8.77. The van der Waals surface area contributed by atoms with E-state index in [0.717, 1.165) is 33.5 Å². The van der Waals surface area contributed by atoms with Crippen molar-refractivity contribution in [1.82, 2.24) is 9.97 Å². The van der Waals surface area contributed by atoms with Gasteiger partial charge in [-0.25, -0.2) is 9.97 Å². The first-order valence-electron chi connectivity index (χ1n) is 9.25. The molecule has 1 aromatic heterocycles. The lowest BCUT2D eigenvalue weighted by atomic mass is 10.1. The number of hydrogen-bond acceptors (Lipinski definition) is 7. The summed E-state index contributed by atoms with van der Waals surface area (Å²) >= 11 is 0. The van der Waals surface area contributed by atoms with Crippen LogP contribution in [0.5, 0.6) is 11.5 Å². The normalized spacial score (nSPS) is 12.1. The number of nitrogens with one attached hydrogen (secondary N) is 2. The summed E-state index contributed by atoms with van der Waals surface area (Å²) in [4.78, 5) is 8.61. The molecule has 0 atom stereocenters. The molecule has 0 saturated carbocycles. The minimum absolute atomic E-state index is 0.258. The lowest BCUT2D eigenvalue weighted by Gasteiger charge is -2.14. The van der Waals surface area contributed by atoms with Crippen LogP contribution in [0.4, 0.5) is 23.0 Å². The minimum Gasteiger partial charge on any atom is -0.454 e. The van der Waals surface area contributed by atoms with Gasteiger partial charge < -0.3 is 25.8 Å². The standard InChI is InChI=1S/C22H19N5O2/c23-20-21(24-11-14-8-9-18-19(10-14)29-13-28-18)25-12-26-22(20)27-17-7-3-5-15-4-1-2-6-16(15)17/h1-10,12H,11,13,23H2,(H2,24,25,26,27). The predicted octanol–water partition coefficient (Wildman–Crippen LogP) is 4.30. The number of ether oxygens (including phenoxy) is 2. The molecule has 0 saturated heterocycles. The number of nitrogens with two attached hydrogens (primary N) is 1. The second-order valence-electron chi connectivity index (χ2n) is 6.68. The van der Waals surface area contributed by atoms with Gasteiger partial charge in [0, 0.05) is 17.6 Å². The van der Waals surface area contributed by atoms with E-state index in [9.17, 15) is 0 Å². The molecule has 0 radical (unpaired) electrons. The molecule has 3 aromatic carbocycles. The van der Waals surface area contributed by atoms with Crippen LogP contribution in [0.1, 0.15) is 5.56 Å². The topological polar surface area (TPSA) is 94.3 Å². The van der Waals surface area contributed by atoms with Crippen LogP contribution in [-0.4, -0.2) is 16.8 Å². The van der Waals surface area contributed by atoms with Gasteiger partial charge in [0.25, 0.3) is 0 Å². The van der Waals surface area contributed by atoms with Crippen LogP contribution in [0.2, 0.25) is 0 Å². The summed E-state index contributed by atoms with van der Waals surface area (Å²) in [5.74, 6) is 2.64. The van der Waals surface area contributed by atoms with Gasteiger partial charge in [-0.2, -0.15) is 0 Å². The lowest BCUT2D eigenvalue weighted by Crippen LogP contribution is -2.08. The molecule has 5 rings (SSSR count). The fourth-order valence-corrected chi connectivity index (χ4v) is 3.33. The molecule has 144 valence electrons. The van der Waals surface area contributed by atoms with E-state index < -0.39 is 0 Å². The van der Waals surface area contributed by atoms with Crippen molar-refractivity contribution in [2.45, 2.75) is 6.54 Å². The Morgan fingerprint density at radius 3 is 2.69 bits per heavy atom. The van der Waals surface area contributed by atoms with E-state index in [1.54, 1.807) is 0 Å². The third-order valence-corrected chi connectivity index (χ3v) is 4.82. The monoisotopic (exact) mass is 385 g/mol. The van der Waals surface area contributed by atoms with Crippen LogP contribution < -0.4 is 25.8 Å². The van der Waals surface area contributed by atoms with Gasteiger partial charge in [-0.05, 0) is 29.1 Å². The van der Waals surface area contributed by atoms with E-state index in [1.807, 2.05) is 42.5 Å². The summed E-state index contributed by atoms with van der Waals surface area (Å²) in [6, 6.07) is 20.1. The zero-order valence-electron chi connectivity index (χ0n) is 15.6. The highest BCUT2D eigenvalue weighted by atomic mass is 16.7. The highest BCUT2D eigenvalue weighted by Gasteiger charge is 2.14. The Labute approximate surface area is 167 Å². The fraction of sp³-hybridized carbons (Fsp3) is 0.0909. The van der Waals surface area contributed by atoms with Crippen molar-refractivity contribution in [2.24, 2.45) is 0 Å². The van der Waals surface area contributed by atoms with Crippen molar-refractivity contribution in [3.05, 3.63) is 72.6 Å². The number of hydrogen-bond donors (Lipinski definition) is 3. The van der Waals surface area contributed by atoms with Crippen molar-refractivity contribution >= 4 is 33.8 Å². The smallest absolute Gasteiger partial charge is 0.231 e. The van der Waals surface area contributed by atoms with Crippen LogP contribution in [0, 0.1) is 0 Å². The van der Waals surface area contributed by atoms with E-state index >= 15 is 0 Å². The molecule has 29 heavy (non-hydrogen) atoms. The van der Waals surface area contributed by atoms with Crippen molar-refractivity contribution in [2.75, 3.05) is 23.2 Å². The molecule has 0 bridgehead atoms. The highest BCUT2D eigenvalue weighted by Crippen LogP contribution is 2.33. The number of fused-ring (bicyclic) bond motifs is 2. The van der Waals surface area contributed by atoms with E-state index in [1.165, 1.54) is 6.33 Å². The first-order valence-corrected chi connectivity index (χ1v) is 9.25. The number of aromatic nitrogens is 2. The summed E-state index contributed by atoms with van der Waals surface area (Å²) in [5, 5.41) is 8.85. The second kappa shape index (κ2) is 7.20. The molecule has 0 spiro atoms. The molecule has 0 aliphatic carbocycles. The molecular weight excluding hydrogens is 366 g/mol. The van der Waals surface area contributed by atoms with Gasteiger partial charge in [-0.15, -0.1) is 0 Å². The quantitative estimate of drug-likeness (QED) is 0.471. The zero-order chi connectivity index (χ0) is 19.6. The molecule has 0 unspecified atom stereocenters. The Bertz CT molecular complexity index is 1190. The molecule has 4 aromatic rings. The van der Waals surface area contributed by atoms with Crippen LogP contribution >= 0.6 is 0 Å². The Hall–Kier alpha value is -4.00. The van der Waals surface area contributed by atoms with Gasteiger partial charge in [0.1, 0.15) is 12.0 Å². The van der Waals surface area contributed by atoms with Crippen molar-refractivity contribution in [1.29, 1.82) is 0 Å². The van der Waals surface area contributed by atoms with Gasteiger partial charge in [0.15, 0.2) is 23.1 Å². The van der Waals surface area contributed by atoms with Crippen LogP contribution in [0.15, 0.2) is 67.0 Å². The molecule has 1 aliphatic rings. The highest BCUT2D eigenvalue weighted by molar-refractivity contribution is 5.96. The molecule has 2 heterocycles. The van der Waals surface area contributed by atoms with Gasteiger partial charge in [0.2, 0.25) is 6.79 Å². The van der Waals surface area contributed by atoms with Crippen LogP contribution in [0.3, 0.4) is 0 Å². The molecule has 7 nitrogen and oxygen atoms in total. The first-order chi connectivity index (χ1) is 14.3. The average Bonchev–Trinajstić information content (AvgIpc) is 3.22. The average molecular weight is 385 g/mol. The van der Waals surface area contributed by atoms with Gasteiger partial charge in [-0.1, -0.05) is 42.5 Å². The van der Waals surface area contributed by atoms with Gasteiger partial charge in [-0.3, -0.25) is 0 Å². The van der Waals surface area contributed by atoms with E-state index in [2.05, 4.69) is 38.8 Å². The summed E-state index contributed by atoms with van der Waals surface area (Å²) in [6.07, 6.45) is 1.49. The minimum atomic E-state index is 0.258. The van der Waals surface area contributed by atoms with E-state index in [0.29, 0.717) is 23.9 Å². The summed E-state index contributed by atoms with van der Waals surface area (Å²) in [6.45, 7) is 0.805. The molecule has 4 N–H and O–H groups in total. The van der Waals surface area contributed by atoms with Gasteiger partial charge >= 0.3 is 0 Å². The van der Waals surface area contributed by atoms with E-state index in [4.69, 9.17) is 15.2 Å². The molecular formula is C22H19N5O2. The predicted molar refractivity (Wildman–Crippen MR) is 114 cm³/mol. The van der Waals surface area contributed by atoms with E-state index in [-0.39, 0.29) is 6.79 Å². The van der Waals surface area contributed by atoms with Crippen molar-refractivity contribution in [3.63, 3.8) is 0 Å². The third kappa shape index (κ3) is 3.34. The van der Waals surface area contributed by atoms with Crippen molar-refractivity contribution < 1.29 is 9.47 Å². The largest absolute Gasteiger partial charge is 0.454 e. The third-order valence-electron chi connectivity index (χ3n) is 4.82. The van der Waals surface area contributed by atoms with Gasteiger partial charge in [0.05, 0.1) is 0 Å². The SMILES string of the molecule is Nc1c(NCc2ccc3c(c2)OCO3)ncnc1Nc1cccc2ccccc12. The molecule has 1 aliphatic heterocycles. The number of anilines is 4. The van der Waals surface area contributed by atoms with Crippen molar-refractivity contribution in [3.8, 4) is 11.5 Å². The molecule has 7 heteroatoms. The maximum Gasteiger partial charge on any atom is 0.231 e. The number of nitrogen functional groups attached to an aromatic ring is 1. The number of nitrogens with zero attached hydrogens (tertiary/aromatic N) is 2. The summed E-state index contributed by atoms with van der Waals surface area (Å²) in [7, 11) is 0. The fourth-order valence-electron chi connectivity index (χ4n) is 3.33. The Morgan fingerprint density at radius 1 is 0.897 bits per heavy atom.